The molecule has 144 valence electrons. The highest BCUT2D eigenvalue weighted by atomic mass is 35.5. The molecule has 0 atom stereocenters. The Morgan fingerprint density at radius 3 is 2.63 bits per heavy atom. The molecule has 0 saturated carbocycles. The second-order valence-electron chi connectivity index (χ2n) is 5.13. The van der Waals surface area contributed by atoms with Gasteiger partial charge in [-0.25, -0.2) is 0 Å². The van der Waals surface area contributed by atoms with Crippen LogP contribution in [0.4, 0.5) is 13.2 Å². The Bertz CT molecular complexity index is 892. The number of hydrogen-bond acceptors (Lipinski definition) is 3. The molecule has 2 heterocycles. The Kier molecular flexibility index (Phi) is 7.04. The van der Waals surface area contributed by atoms with Crippen LogP contribution in [0.25, 0.3) is 10.6 Å². The molecule has 3 aromatic rings. The third-order valence-corrected chi connectivity index (χ3v) is 4.50. The fourth-order valence-electron chi connectivity index (χ4n) is 2.22. The van der Waals surface area contributed by atoms with Crippen molar-refractivity contribution >= 4 is 28.8 Å². The summed E-state index contributed by atoms with van der Waals surface area (Å²) in [7, 11) is 0. The molecule has 9 heteroatoms. The van der Waals surface area contributed by atoms with Crippen LogP contribution in [-0.2, 0) is 12.7 Å². The van der Waals surface area contributed by atoms with Crippen molar-refractivity contribution in [2.24, 2.45) is 0 Å². The van der Waals surface area contributed by atoms with E-state index in [1.54, 1.807) is 6.07 Å². The Balaban J connectivity index is 0.00000126. The highest BCUT2D eigenvalue weighted by Crippen LogP contribution is 2.33. The lowest BCUT2D eigenvalue weighted by Crippen LogP contribution is -2.26. The molecule has 0 fully saturated rings. The zero-order valence-corrected chi connectivity index (χ0v) is 16.1. The van der Waals surface area contributed by atoms with Crippen molar-refractivity contribution in [2.45, 2.75) is 26.6 Å². The standard InChI is InChI=1S/C16H11ClF3N3OS.C2H6/c17-9-3-4-11(12(6-9)16(18,19)20)15(24)21-8-10-7-13(23-22-10)14-2-1-5-25-14;1-2/h1-7H,8H2,(H,21,24)(H,22,23);1-2H3. The first-order chi connectivity index (χ1) is 12.8. The summed E-state index contributed by atoms with van der Waals surface area (Å²) in [5.41, 5.74) is -0.253. The first-order valence-electron chi connectivity index (χ1n) is 8.07. The van der Waals surface area contributed by atoms with E-state index in [-0.39, 0.29) is 11.6 Å². The molecule has 0 aliphatic heterocycles. The van der Waals surface area contributed by atoms with Gasteiger partial charge in [0.25, 0.3) is 5.91 Å². The molecule has 1 amide bonds. The van der Waals surface area contributed by atoms with Gasteiger partial charge >= 0.3 is 6.18 Å². The maximum Gasteiger partial charge on any atom is 0.417 e. The number of halogens is 4. The summed E-state index contributed by atoms with van der Waals surface area (Å²) in [4.78, 5) is 13.1. The van der Waals surface area contributed by atoms with Crippen LogP contribution in [0.15, 0.2) is 41.8 Å². The molecule has 0 spiro atoms. The van der Waals surface area contributed by atoms with E-state index < -0.39 is 23.2 Å². The van der Waals surface area contributed by atoms with Gasteiger partial charge in [0.05, 0.1) is 28.2 Å². The molecule has 27 heavy (non-hydrogen) atoms. The van der Waals surface area contributed by atoms with E-state index in [9.17, 15) is 18.0 Å². The minimum atomic E-state index is -4.67. The summed E-state index contributed by atoms with van der Waals surface area (Å²) >= 11 is 7.12. The molecule has 3 rings (SSSR count). The summed E-state index contributed by atoms with van der Waals surface area (Å²) in [6.45, 7) is 4.02. The minimum Gasteiger partial charge on any atom is -0.346 e. The van der Waals surface area contributed by atoms with Crippen molar-refractivity contribution in [3.8, 4) is 10.6 Å². The van der Waals surface area contributed by atoms with E-state index in [1.165, 1.54) is 17.4 Å². The molecule has 0 unspecified atom stereocenters. The molecule has 2 N–H and O–H groups in total. The normalized spacial score (nSPS) is 10.9. The maximum atomic E-state index is 13.1. The molecular formula is C18H17ClF3N3OS. The first kappa shape index (κ1) is 21.0. The number of rotatable bonds is 4. The van der Waals surface area contributed by atoms with E-state index >= 15 is 0 Å². The van der Waals surface area contributed by atoms with E-state index in [0.717, 1.165) is 17.0 Å². The predicted molar refractivity (Wildman–Crippen MR) is 101 cm³/mol. The quantitative estimate of drug-likeness (QED) is 0.568. The molecule has 0 radical (unpaired) electrons. The number of amides is 1. The van der Waals surface area contributed by atoms with E-state index in [0.29, 0.717) is 11.4 Å². The molecule has 2 aromatic heterocycles. The van der Waals surface area contributed by atoms with Crippen LogP contribution in [0.1, 0.15) is 35.5 Å². The number of hydrogen-bond donors (Lipinski definition) is 2. The number of benzene rings is 1. The van der Waals surface area contributed by atoms with Gasteiger partial charge in [-0.1, -0.05) is 31.5 Å². The predicted octanol–water partition coefficient (Wildman–Crippen LogP) is 5.77. The number of aromatic nitrogens is 2. The van der Waals surface area contributed by atoms with Crippen LogP contribution in [0, 0.1) is 0 Å². The number of H-pyrrole nitrogens is 1. The van der Waals surface area contributed by atoms with Crippen LogP contribution >= 0.6 is 22.9 Å². The third kappa shape index (κ3) is 5.33. The van der Waals surface area contributed by atoms with Gasteiger partial charge in [0.15, 0.2) is 0 Å². The highest BCUT2D eigenvalue weighted by Gasteiger charge is 2.35. The van der Waals surface area contributed by atoms with Crippen LogP contribution in [0.5, 0.6) is 0 Å². The van der Waals surface area contributed by atoms with E-state index in [1.807, 2.05) is 31.4 Å². The van der Waals surface area contributed by atoms with E-state index in [4.69, 9.17) is 11.6 Å². The average Bonchev–Trinajstić information content (AvgIpc) is 3.32. The number of carbonyl (C=O) groups is 1. The molecule has 0 aliphatic rings. The summed E-state index contributed by atoms with van der Waals surface area (Å²) in [5, 5.41) is 11.1. The Hall–Kier alpha value is -2.32. The lowest BCUT2D eigenvalue weighted by Gasteiger charge is -2.13. The molecule has 0 bridgehead atoms. The van der Waals surface area contributed by atoms with Crippen molar-refractivity contribution < 1.29 is 18.0 Å². The number of carbonyl (C=O) groups excluding carboxylic acids is 1. The summed E-state index contributed by atoms with van der Waals surface area (Å²) in [6, 6.07) is 8.56. The maximum absolute atomic E-state index is 13.1. The summed E-state index contributed by atoms with van der Waals surface area (Å²) < 4.78 is 39.2. The van der Waals surface area contributed by atoms with Crippen molar-refractivity contribution in [2.75, 3.05) is 0 Å². The minimum absolute atomic E-state index is 0.0249. The Morgan fingerprint density at radius 1 is 1.26 bits per heavy atom. The molecule has 4 nitrogen and oxygen atoms in total. The number of nitrogens with one attached hydrogen (secondary N) is 2. The number of thiophene rings is 1. The molecular weight excluding hydrogens is 399 g/mol. The molecule has 0 saturated heterocycles. The second kappa shape index (κ2) is 9.05. The third-order valence-electron chi connectivity index (χ3n) is 3.38. The van der Waals surface area contributed by atoms with Gasteiger partial charge in [0, 0.05) is 5.02 Å². The van der Waals surface area contributed by atoms with Crippen molar-refractivity contribution in [3.05, 3.63) is 63.6 Å². The van der Waals surface area contributed by atoms with Crippen LogP contribution in [0.2, 0.25) is 5.02 Å². The lowest BCUT2D eigenvalue weighted by molar-refractivity contribution is -0.137. The smallest absolute Gasteiger partial charge is 0.346 e. The van der Waals surface area contributed by atoms with Crippen molar-refractivity contribution in [1.29, 1.82) is 0 Å². The highest BCUT2D eigenvalue weighted by molar-refractivity contribution is 7.13. The Labute approximate surface area is 163 Å². The van der Waals surface area contributed by atoms with Crippen LogP contribution in [-0.4, -0.2) is 16.1 Å². The van der Waals surface area contributed by atoms with Crippen LogP contribution < -0.4 is 5.32 Å². The van der Waals surface area contributed by atoms with Gasteiger partial charge in [-0.05, 0) is 35.7 Å². The monoisotopic (exact) mass is 415 g/mol. The van der Waals surface area contributed by atoms with Gasteiger partial charge in [0.1, 0.15) is 5.69 Å². The second-order valence-corrected chi connectivity index (χ2v) is 6.51. The summed E-state index contributed by atoms with van der Waals surface area (Å²) in [5.74, 6) is -0.837. The topological polar surface area (TPSA) is 57.8 Å². The van der Waals surface area contributed by atoms with Crippen LogP contribution in [0.3, 0.4) is 0 Å². The summed E-state index contributed by atoms with van der Waals surface area (Å²) in [6.07, 6.45) is -4.67. The first-order valence-corrected chi connectivity index (χ1v) is 9.33. The SMILES string of the molecule is CC.O=C(NCc1cc(-c2cccs2)n[nH]1)c1ccc(Cl)cc1C(F)(F)F. The number of nitrogens with zero attached hydrogens (tertiary/aromatic N) is 1. The van der Waals surface area contributed by atoms with Gasteiger partial charge in [-0.3, -0.25) is 9.89 Å². The van der Waals surface area contributed by atoms with Gasteiger partial charge in [0.2, 0.25) is 0 Å². The lowest BCUT2D eigenvalue weighted by atomic mass is 10.1. The van der Waals surface area contributed by atoms with Crippen molar-refractivity contribution in [1.82, 2.24) is 15.5 Å². The van der Waals surface area contributed by atoms with E-state index in [2.05, 4.69) is 15.5 Å². The zero-order chi connectivity index (χ0) is 20.0. The number of aromatic amines is 1. The number of alkyl halides is 3. The van der Waals surface area contributed by atoms with Crippen molar-refractivity contribution in [3.63, 3.8) is 0 Å². The van der Waals surface area contributed by atoms with Gasteiger partial charge in [-0.15, -0.1) is 11.3 Å². The van der Waals surface area contributed by atoms with Gasteiger partial charge in [-0.2, -0.15) is 18.3 Å². The molecule has 0 aliphatic carbocycles. The Morgan fingerprint density at radius 2 is 2.00 bits per heavy atom. The largest absolute Gasteiger partial charge is 0.417 e. The average molecular weight is 416 g/mol. The zero-order valence-electron chi connectivity index (χ0n) is 14.5. The molecule has 1 aromatic carbocycles. The fourth-order valence-corrected chi connectivity index (χ4v) is 3.08. The fraction of sp³-hybridized carbons (Fsp3) is 0.222. The van der Waals surface area contributed by atoms with Gasteiger partial charge < -0.3 is 5.32 Å².